The maximum absolute atomic E-state index is 13.2. The van der Waals surface area contributed by atoms with Crippen molar-refractivity contribution >= 4 is 11.9 Å². The Bertz CT molecular complexity index is 1200. The van der Waals surface area contributed by atoms with Crippen LogP contribution in [0.1, 0.15) is 233 Å². The number of nitrogens with one attached hydrogen (secondary N) is 1. The fourth-order valence-corrected chi connectivity index (χ4v) is 7.40. The van der Waals surface area contributed by atoms with Gasteiger partial charge in [0.1, 0.15) is 6.10 Å². The number of ether oxygens (including phenoxy) is 1. The van der Waals surface area contributed by atoms with Gasteiger partial charge in [0, 0.05) is 6.42 Å². The van der Waals surface area contributed by atoms with Crippen LogP contribution in [0.15, 0.2) is 85.1 Å². The Morgan fingerprint density at radius 1 is 0.484 bits per heavy atom. The third kappa shape index (κ3) is 43.7. The molecule has 0 bridgehead atoms. The molecule has 1 amide bonds. The Morgan fingerprint density at radius 3 is 1.45 bits per heavy atom. The fraction of sp³-hybridized carbons (Fsp3) is 0.714. The van der Waals surface area contributed by atoms with Crippen LogP contribution >= 0.6 is 0 Å². The largest absolute Gasteiger partial charge is 0.462 e. The molecule has 0 aliphatic heterocycles. The number of rotatable bonds is 45. The number of unbranched alkanes of at least 4 members (excludes halogenated alkanes) is 23. The lowest BCUT2D eigenvalue weighted by Crippen LogP contribution is -2.46. The second kappa shape index (κ2) is 49.1. The van der Waals surface area contributed by atoms with Gasteiger partial charge in [0.05, 0.1) is 25.2 Å². The van der Waals surface area contributed by atoms with Crippen LogP contribution in [-0.2, 0) is 14.3 Å². The molecular formula is C56H97NO5. The predicted octanol–water partition coefficient (Wildman–Crippen LogP) is 15.6. The van der Waals surface area contributed by atoms with Crippen molar-refractivity contribution in [1.82, 2.24) is 5.32 Å². The molecule has 0 spiro atoms. The van der Waals surface area contributed by atoms with E-state index in [1.54, 1.807) is 0 Å². The van der Waals surface area contributed by atoms with Gasteiger partial charge in [0.25, 0.3) is 0 Å². The van der Waals surface area contributed by atoms with Gasteiger partial charge in [-0.05, 0) is 64.2 Å². The minimum Gasteiger partial charge on any atom is -0.462 e. The first-order chi connectivity index (χ1) is 30.5. The zero-order valence-corrected chi connectivity index (χ0v) is 40.5. The molecular weight excluding hydrogens is 767 g/mol. The molecule has 356 valence electrons. The number of carbonyl (C=O) groups excluding carboxylic acids is 2. The maximum atomic E-state index is 13.2. The summed E-state index contributed by atoms with van der Waals surface area (Å²) in [5, 5.41) is 23.8. The Kier molecular flexibility index (Phi) is 46.7. The van der Waals surface area contributed by atoms with Crippen molar-refractivity contribution in [3.05, 3.63) is 85.1 Å². The number of hydrogen-bond acceptors (Lipinski definition) is 5. The summed E-state index contributed by atoms with van der Waals surface area (Å²) in [6, 6.07) is -0.730. The van der Waals surface area contributed by atoms with Crippen LogP contribution in [0.4, 0.5) is 0 Å². The van der Waals surface area contributed by atoms with Gasteiger partial charge in [0.15, 0.2) is 0 Å². The van der Waals surface area contributed by atoms with Gasteiger partial charge in [-0.15, -0.1) is 0 Å². The summed E-state index contributed by atoms with van der Waals surface area (Å²) in [4.78, 5) is 26.1. The van der Waals surface area contributed by atoms with E-state index in [9.17, 15) is 19.8 Å². The highest BCUT2D eigenvalue weighted by Gasteiger charge is 2.24. The zero-order valence-electron chi connectivity index (χ0n) is 40.5. The van der Waals surface area contributed by atoms with Gasteiger partial charge in [-0.1, -0.05) is 241 Å². The van der Waals surface area contributed by atoms with E-state index in [-0.39, 0.29) is 31.3 Å². The van der Waals surface area contributed by atoms with Crippen molar-refractivity contribution in [3.8, 4) is 0 Å². The summed E-state index contributed by atoms with van der Waals surface area (Å²) in [7, 11) is 0. The number of allylic oxidation sites excluding steroid dienone is 14. The quantitative estimate of drug-likeness (QED) is 0.0245. The molecule has 0 rings (SSSR count). The Labute approximate surface area is 383 Å². The van der Waals surface area contributed by atoms with E-state index in [1.165, 1.54) is 116 Å². The minimum absolute atomic E-state index is 0.0233. The Hall–Kier alpha value is -2.96. The first-order valence-corrected chi connectivity index (χ1v) is 25.9. The van der Waals surface area contributed by atoms with Crippen molar-refractivity contribution < 1.29 is 24.5 Å². The first-order valence-electron chi connectivity index (χ1n) is 25.9. The molecule has 3 atom stereocenters. The summed E-state index contributed by atoms with van der Waals surface area (Å²) in [5.41, 5.74) is 0. The molecule has 6 nitrogen and oxygen atoms in total. The molecule has 0 heterocycles. The van der Waals surface area contributed by atoms with Crippen LogP contribution < -0.4 is 5.32 Å². The van der Waals surface area contributed by atoms with Crippen LogP contribution in [0.25, 0.3) is 0 Å². The number of aliphatic hydroxyl groups is 2. The summed E-state index contributed by atoms with van der Waals surface area (Å²) in [6.45, 7) is 6.36. The number of hydrogen-bond donors (Lipinski definition) is 3. The summed E-state index contributed by atoms with van der Waals surface area (Å²) in [6.07, 6.45) is 63.6. The molecule has 0 aromatic rings. The van der Waals surface area contributed by atoms with Crippen LogP contribution in [0.2, 0.25) is 0 Å². The molecule has 3 N–H and O–H groups in total. The van der Waals surface area contributed by atoms with Gasteiger partial charge in [-0.2, -0.15) is 0 Å². The fourth-order valence-electron chi connectivity index (χ4n) is 7.40. The molecule has 6 heteroatoms. The van der Waals surface area contributed by atoms with Crippen LogP contribution in [0, 0.1) is 0 Å². The van der Waals surface area contributed by atoms with Crippen LogP contribution in [-0.4, -0.2) is 46.9 Å². The molecule has 0 fully saturated rings. The highest BCUT2D eigenvalue weighted by Crippen LogP contribution is 2.17. The number of aliphatic hydroxyl groups excluding tert-OH is 2. The van der Waals surface area contributed by atoms with E-state index in [0.29, 0.717) is 19.3 Å². The molecule has 0 saturated heterocycles. The summed E-state index contributed by atoms with van der Waals surface area (Å²) >= 11 is 0. The minimum atomic E-state index is -0.812. The molecule has 0 radical (unpaired) electrons. The summed E-state index contributed by atoms with van der Waals surface area (Å²) in [5.74, 6) is -0.600. The van der Waals surface area contributed by atoms with E-state index in [2.05, 4.69) is 68.6 Å². The Morgan fingerprint density at radius 2 is 0.919 bits per heavy atom. The summed E-state index contributed by atoms with van der Waals surface area (Å²) < 4.78 is 5.87. The van der Waals surface area contributed by atoms with Gasteiger partial charge in [0.2, 0.25) is 5.91 Å². The van der Waals surface area contributed by atoms with Crippen molar-refractivity contribution in [2.24, 2.45) is 0 Å². The zero-order chi connectivity index (χ0) is 45.2. The number of carbonyl (C=O) groups is 2. The SMILES string of the molecule is CCC/C=C/C=C/C=C/C=C/C=C/CCCCCC(CC(=O)NC(CO)C(O)CCCCCCCCCCCCCCCC)OC(=O)CC/C=C/C/C=C\CCCCCCCC. The molecule has 0 aliphatic carbocycles. The van der Waals surface area contributed by atoms with Crippen molar-refractivity contribution in [3.63, 3.8) is 0 Å². The molecule has 0 aromatic carbocycles. The number of esters is 1. The molecule has 3 unspecified atom stereocenters. The molecule has 62 heavy (non-hydrogen) atoms. The third-order valence-corrected chi connectivity index (χ3v) is 11.3. The highest BCUT2D eigenvalue weighted by atomic mass is 16.5. The smallest absolute Gasteiger partial charge is 0.306 e. The lowest BCUT2D eigenvalue weighted by Gasteiger charge is -2.24. The van der Waals surface area contributed by atoms with E-state index in [4.69, 9.17) is 4.74 Å². The highest BCUT2D eigenvalue weighted by molar-refractivity contribution is 5.77. The first kappa shape index (κ1) is 59.0. The van der Waals surface area contributed by atoms with E-state index >= 15 is 0 Å². The standard InChI is InChI=1S/C56H97NO5/c1-4-7-10-13-16-19-22-25-27-28-30-32-35-38-41-44-47-52(62-56(61)49-46-43-40-37-34-29-24-21-18-15-12-9-6-3)50-55(60)57-53(51-58)54(59)48-45-42-39-36-33-31-26-23-20-17-14-11-8-5-2/h10,13,16,19,22,25,27-30,32,34,40,43,52-54,58-59H,4-9,11-12,14-15,17-18,20-21,23-24,26,31,33,35-39,41-42,44-51H2,1-3H3,(H,57,60)/b13-10+,19-16+,25-22+,28-27+,32-30+,34-29-,43-40+. The lowest BCUT2D eigenvalue weighted by atomic mass is 10.0. The third-order valence-electron chi connectivity index (χ3n) is 11.3. The predicted molar refractivity (Wildman–Crippen MR) is 268 cm³/mol. The van der Waals surface area contributed by atoms with Crippen molar-refractivity contribution in [2.75, 3.05) is 6.61 Å². The number of amides is 1. The molecule has 0 aliphatic rings. The van der Waals surface area contributed by atoms with Crippen LogP contribution in [0.3, 0.4) is 0 Å². The average Bonchev–Trinajstić information content (AvgIpc) is 3.26. The second-order valence-corrected chi connectivity index (χ2v) is 17.3. The maximum Gasteiger partial charge on any atom is 0.306 e. The van der Waals surface area contributed by atoms with E-state index in [1.807, 2.05) is 42.5 Å². The van der Waals surface area contributed by atoms with Gasteiger partial charge < -0.3 is 20.3 Å². The van der Waals surface area contributed by atoms with Gasteiger partial charge in [-0.25, -0.2) is 0 Å². The normalized spacial score (nSPS) is 14.0. The molecule has 0 saturated carbocycles. The van der Waals surface area contributed by atoms with Crippen LogP contribution in [0.5, 0.6) is 0 Å². The topological polar surface area (TPSA) is 95.9 Å². The van der Waals surface area contributed by atoms with Gasteiger partial charge in [-0.3, -0.25) is 9.59 Å². The second-order valence-electron chi connectivity index (χ2n) is 17.3. The van der Waals surface area contributed by atoms with E-state index in [0.717, 1.165) is 64.2 Å². The Balaban J connectivity index is 4.75. The van der Waals surface area contributed by atoms with E-state index < -0.39 is 18.2 Å². The van der Waals surface area contributed by atoms with Crippen molar-refractivity contribution in [1.29, 1.82) is 0 Å². The van der Waals surface area contributed by atoms with Gasteiger partial charge >= 0.3 is 5.97 Å². The monoisotopic (exact) mass is 864 g/mol. The molecule has 0 aromatic heterocycles. The van der Waals surface area contributed by atoms with Crippen molar-refractivity contribution in [2.45, 2.75) is 251 Å². The lowest BCUT2D eigenvalue weighted by molar-refractivity contribution is -0.150. The average molecular weight is 864 g/mol.